The molecule has 0 unspecified atom stereocenters. The van der Waals surface area contributed by atoms with Gasteiger partial charge in [0.05, 0.1) is 18.9 Å². The molecule has 158 valence electrons. The fraction of sp³-hybridized carbons (Fsp3) is 0.545. The van der Waals surface area contributed by atoms with E-state index in [0.717, 1.165) is 65.8 Å². The summed E-state index contributed by atoms with van der Waals surface area (Å²) in [5.41, 5.74) is 3.15. The average molecular weight is 401 g/mol. The normalized spacial score (nSPS) is 14.8. The molecule has 0 bridgehead atoms. The first-order valence-corrected chi connectivity index (χ1v) is 10.3. The van der Waals surface area contributed by atoms with Gasteiger partial charge in [-0.2, -0.15) is 0 Å². The highest BCUT2D eigenvalue weighted by Gasteiger charge is 2.20. The van der Waals surface area contributed by atoms with Gasteiger partial charge in [0.1, 0.15) is 5.76 Å². The molecule has 1 heterocycles. The molecule has 0 atom stereocenters. The maximum Gasteiger partial charge on any atom is 0.191 e. The summed E-state index contributed by atoms with van der Waals surface area (Å²) in [7, 11) is 3.45. The van der Waals surface area contributed by atoms with Crippen LogP contribution in [-0.2, 0) is 13.0 Å². The Labute approximate surface area is 172 Å². The smallest absolute Gasteiger partial charge is 0.191 e. The zero-order chi connectivity index (χ0) is 20.6. The van der Waals surface area contributed by atoms with Crippen LogP contribution in [0.1, 0.15) is 48.3 Å². The van der Waals surface area contributed by atoms with Crippen LogP contribution in [0.25, 0.3) is 0 Å². The monoisotopic (exact) mass is 400 g/mol. The molecule has 0 radical (unpaired) electrons. The van der Waals surface area contributed by atoms with E-state index in [0.29, 0.717) is 6.54 Å². The minimum absolute atomic E-state index is 0.275. The van der Waals surface area contributed by atoms with E-state index in [1.807, 2.05) is 26.0 Å². The lowest BCUT2D eigenvalue weighted by Gasteiger charge is -2.20. The Hall–Kier alpha value is -2.70. The number of rotatable bonds is 8. The van der Waals surface area contributed by atoms with Crippen molar-refractivity contribution in [2.75, 3.05) is 20.7 Å². The second-order valence-electron chi connectivity index (χ2n) is 7.38. The number of nitrogens with zero attached hydrogens (tertiary/aromatic N) is 2. The lowest BCUT2D eigenvalue weighted by Crippen LogP contribution is -2.38. The minimum Gasteiger partial charge on any atom is -0.493 e. The van der Waals surface area contributed by atoms with E-state index in [-0.39, 0.29) is 6.10 Å². The van der Waals surface area contributed by atoms with Gasteiger partial charge in [0.15, 0.2) is 17.5 Å². The van der Waals surface area contributed by atoms with E-state index in [9.17, 15) is 0 Å². The molecule has 1 aromatic heterocycles. The number of benzene rings is 1. The Morgan fingerprint density at radius 3 is 2.69 bits per heavy atom. The number of ether oxygens (including phenoxy) is 2. The van der Waals surface area contributed by atoms with Gasteiger partial charge in [0, 0.05) is 31.3 Å². The molecule has 1 aromatic carbocycles. The summed E-state index contributed by atoms with van der Waals surface area (Å²) >= 11 is 0. The van der Waals surface area contributed by atoms with Crippen LogP contribution in [-0.4, -0.2) is 37.9 Å². The maximum absolute atomic E-state index is 6.31. The minimum atomic E-state index is 0.275. The fourth-order valence-corrected chi connectivity index (χ4v) is 3.73. The molecule has 2 aromatic rings. The van der Waals surface area contributed by atoms with Crippen LogP contribution in [0.4, 0.5) is 0 Å². The van der Waals surface area contributed by atoms with E-state index < -0.39 is 0 Å². The van der Waals surface area contributed by atoms with E-state index in [4.69, 9.17) is 14.0 Å². The average Bonchev–Trinajstić information content (AvgIpc) is 3.36. The fourth-order valence-electron chi connectivity index (χ4n) is 3.73. The third kappa shape index (κ3) is 5.43. The lowest BCUT2D eigenvalue weighted by molar-refractivity contribution is 0.198. The van der Waals surface area contributed by atoms with Gasteiger partial charge in [-0.25, -0.2) is 0 Å². The SMILES string of the molecule is CN=C(NCCc1c(C)noc1C)NCc1cccc(OC)c1OC1CCCC1. The first kappa shape index (κ1) is 21.0. The predicted molar refractivity (Wildman–Crippen MR) is 114 cm³/mol. The zero-order valence-electron chi connectivity index (χ0n) is 17.9. The summed E-state index contributed by atoms with van der Waals surface area (Å²) in [6, 6.07) is 6.01. The van der Waals surface area contributed by atoms with Gasteiger partial charge in [0.2, 0.25) is 0 Å². The number of methoxy groups -OCH3 is 1. The summed E-state index contributed by atoms with van der Waals surface area (Å²) in [6.45, 7) is 5.25. The third-order valence-corrected chi connectivity index (χ3v) is 5.39. The van der Waals surface area contributed by atoms with Crippen LogP contribution in [0.2, 0.25) is 0 Å². The van der Waals surface area contributed by atoms with Crippen LogP contribution in [0, 0.1) is 13.8 Å². The van der Waals surface area contributed by atoms with Crippen LogP contribution in [0.15, 0.2) is 27.7 Å². The summed E-state index contributed by atoms with van der Waals surface area (Å²) in [4.78, 5) is 4.33. The van der Waals surface area contributed by atoms with Gasteiger partial charge < -0.3 is 24.6 Å². The van der Waals surface area contributed by atoms with E-state index >= 15 is 0 Å². The molecule has 7 nitrogen and oxygen atoms in total. The maximum atomic E-state index is 6.31. The Bertz CT molecular complexity index is 806. The lowest BCUT2D eigenvalue weighted by atomic mass is 10.1. The second kappa shape index (κ2) is 10.2. The highest BCUT2D eigenvalue weighted by molar-refractivity contribution is 5.79. The Balaban J connectivity index is 1.58. The van der Waals surface area contributed by atoms with Crippen molar-refractivity contribution in [1.82, 2.24) is 15.8 Å². The predicted octanol–water partition coefficient (Wildman–Crippen LogP) is 3.53. The highest BCUT2D eigenvalue weighted by atomic mass is 16.5. The standard InChI is InChI=1S/C22H32N4O3/c1-15-19(16(2)29-26-15)12-13-24-22(23-3)25-14-17-8-7-11-20(27-4)21(17)28-18-9-5-6-10-18/h7-8,11,18H,5-6,9-10,12-14H2,1-4H3,(H2,23,24,25). The molecule has 0 saturated heterocycles. The van der Waals surface area contributed by atoms with Crippen LogP contribution >= 0.6 is 0 Å². The topological polar surface area (TPSA) is 80.9 Å². The molecule has 0 aliphatic heterocycles. The first-order chi connectivity index (χ1) is 14.1. The van der Waals surface area contributed by atoms with Gasteiger partial charge >= 0.3 is 0 Å². The van der Waals surface area contributed by atoms with Gasteiger partial charge in [-0.1, -0.05) is 17.3 Å². The molecule has 1 fully saturated rings. The number of aromatic nitrogens is 1. The Morgan fingerprint density at radius 1 is 1.24 bits per heavy atom. The van der Waals surface area contributed by atoms with Gasteiger partial charge in [0.25, 0.3) is 0 Å². The van der Waals surface area contributed by atoms with Crippen molar-refractivity contribution >= 4 is 5.96 Å². The van der Waals surface area contributed by atoms with E-state index in [2.05, 4.69) is 26.8 Å². The van der Waals surface area contributed by atoms with Crippen molar-refractivity contribution in [3.05, 3.63) is 40.8 Å². The molecular weight excluding hydrogens is 368 g/mol. The quantitative estimate of drug-likeness (QED) is 0.521. The highest BCUT2D eigenvalue weighted by Crippen LogP contribution is 2.34. The molecule has 1 aliphatic carbocycles. The van der Waals surface area contributed by atoms with Gasteiger partial charge in [-0.3, -0.25) is 4.99 Å². The molecule has 0 spiro atoms. The molecule has 3 rings (SSSR count). The van der Waals surface area contributed by atoms with Crippen molar-refractivity contribution in [1.29, 1.82) is 0 Å². The number of nitrogens with one attached hydrogen (secondary N) is 2. The number of aliphatic imine (C=N–C) groups is 1. The zero-order valence-corrected chi connectivity index (χ0v) is 17.9. The Morgan fingerprint density at radius 2 is 2.03 bits per heavy atom. The molecule has 1 saturated carbocycles. The molecule has 0 amide bonds. The largest absolute Gasteiger partial charge is 0.493 e. The van der Waals surface area contributed by atoms with Gasteiger partial charge in [-0.05, 0) is 52.0 Å². The van der Waals surface area contributed by atoms with Crippen LogP contribution in [0.3, 0.4) is 0 Å². The second-order valence-corrected chi connectivity index (χ2v) is 7.38. The Kier molecular flexibility index (Phi) is 7.38. The van der Waals surface area contributed by atoms with Crippen molar-refractivity contribution < 1.29 is 14.0 Å². The first-order valence-electron chi connectivity index (χ1n) is 10.3. The van der Waals surface area contributed by atoms with Crippen molar-refractivity contribution in [2.45, 2.75) is 58.6 Å². The van der Waals surface area contributed by atoms with Crippen molar-refractivity contribution in [3.63, 3.8) is 0 Å². The molecule has 2 N–H and O–H groups in total. The summed E-state index contributed by atoms with van der Waals surface area (Å²) in [5, 5.41) is 10.7. The third-order valence-electron chi connectivity index (χ3n) is 5.39. The van der Waals surface area contributed by atoms with Crippen molar-refractivity contribution in [2.24, 2.45) is 4.99 Å². The van der Waals surface area contributed by atoms with E-state index in [1.165, 1.54) is 12.8 Å². The van der Waals surface area contributed by atoms with Crippen molar-refractivity contribution in [3.8, 4) is 11.5 Å². The molecule has 1 aliphatic rings. The number of hydrogen-bond acceptors (Lipinski definition) is 5. The van der Waals surface area contributed by atoms with Crippen LogP contribution in [0.5, 0.6) is 11.5 Å². The summed E-state index contributed by atoms with van der Waals surface area (Å²) < 4.78 is 17.1. The van der Waals surface area contributed by atoms with Gasteiger partial charge in [-0.15, -0.1) is 0 Å². The van der Waals surface area contributed by atoms with Crippen LogP contribution < -0.4 is 20.1 Å². The number of hydrogen-bond donors (Lipinski definition) is 2. The number of para-hydroxylation sites is 1. The molecule has 7 heteroatoms. The molecular formula is C22H32N4O3. The number of guanidine groups is 1. The molecule has 29 heavy (non-hydrogen) atoms. The number of aryl methyl sites for hydroxylation is 2. The van der Waals surface area contributed by atoms with E-state index in [1.54, 1.807) is 14.2 Å². The summed E-state index contributed by atoms with van der Waals surface area (Å²) in [5.74, 6) is 3.22. The summed E-state index contributed by atoms with van der Waals surface area (Å²) in [6.07, 6.45) is 5.78.